The molecular formula is C15H15BrN2O. The van der Waals surface area contributed by atoms with Crippen LogP contribution >= 0.6 is 15.9 Å². The topological polar surface area (TPSA) is 55.1 Å². The van der Waals surface area contributed by atoms with Crippen LogP contribution in [0, 0.1) is 0 Å². The lowest BCUT2D eigenvalue weighted by Gasteiger charge is -2.15. The van der Waals surface area contributed by atoms with Crippen molar-refractivity contribution in [3.05, 3.63) is 64.1 Å². The zero-order chi connectivity index (χ0) is 13.8. The van der Waals surface area contributed by atoms with Gasteiger partial charge in [-0.05, 0) is 36.8 Å². The van der Waals surface area contributed by atoms with Gasteiger partial charge in [0.15, 0.2) is 0 Å². The summed E-state index contributed by atoms with van der Waals surface area (Å²) >= 11 is 3.39. The molecule has 0 saturated carbocycles. The monoisotopic (exact) mass is 318 g/mol. The standard InChI is InChI=1S/C15H15BrN2O/c1-10(11-6-8-12(16)9-7-11)18-15(19)13-4-2-3-5-14(13)17/h2-10H,17H2,1H3,(H,18,19)/t10-/m1/s1. The highest BCUT2D eigenvalue weighted by Crippen LogP contribution is 2.18. The number of nitrogen functional groups attached to an aromatic ring is 1. The largest absolute Gasteiger partial charge is 0.398 e. The summed E-state index contributed by atoms with van der Waals surface area (Å²) in [6.07, 6.45) is 0. The van der Waals surface area contributed by atoms with Gasteiger partial charge in [-0.3, -0.25) is 4.79 Å². The highest BCUT2D eigenvalue weighted by atomic mass is 79.9. The summed E-state index contributed by atoms with van der Waals surface area (Å²) in [6.45, 7) is 1.94. The molecule has 0 unspecified atom stereocenters. The fourth-order valence-corrected chi connectivity index (χ4v) is 2.08. The van der Waals surface area contributed by atoms with Gasteiger partial charge in [0.2, 0.25) is 0 Å². The van der Waals surface area contributed by atoms with Crippen molar-refractivity contribution >= 4 is 27.5 Å². The Bertz CT molecular complexity index is 581. The molecule has 98 valence electrons. The zero-order valence-corrected chi connectivity index (χ0v) is 12.1. The first-order valence-corrected chi connectivity index (χ1v) is 6.78. The minimum absolute atomic E-state index is 0.0693. The molecule has 0 spiro atoms. The third-order valence-electron chi connectivity index (χ3n) is 2.92. The number of carbonyl (C=O) groups is 1. The molecule has 0 radical (unpaired) electrons. The van der Waals surface area contributed by atoms with E-state index in [1.165, 1.54) is 0 Å². The van der Waals surface area contributed by atoms with E-state index in [1.54, 1.807) is 18.2 Å². The van der Waals surface area contributed by atoms with Crippen molar-refractivity contribution in [2.75, 3.05) is 5.73 Å². The molecule has 0 aliphatic rings. The van der Waals surface area contributed by atoms with Crippen molar-refractivity contribution in [3.63, 3.8) is 0 Å². The van der Waals surface area contributed by atoms with Gasteiger partial charge in [0, 0.05) is 10.2 Å². The average molecular weight is 319 g/mol. The van der Waals surface area contributed by atoms with Crippen LogP contribution in [0.3, 0.4) is 0 Å². The van der Waals surface area contributed by atoms with Crippen molar-refractivity contribution in [2.24, 2.45) is 0 Å². The lowest BCUT2D eigenvalue weighted by molar-refractivity contribution is 0.0941. The Balaban J connectivity index is 2.11. The van der Waals surface area contributed by atoms with E-state index in [4.69, 9.17) is 5.73 Å². The van der Waals surface area contributed by atoms with Crippen LogP contribution in [0.5, 0.6) is 0 Å². The number of nitrogens with one attached hydrogen (secondary N) is 1. The summed E-state index contributed by atoms with van der Waals surface area (Å²) in [6, 6.07) is 14.8. The number of amides is 1. The number of carbonyl (C=O) groups excluding carboxylic acids is 1. The number of para-hydroxylation sites is 1. The van der Waals surface area contributed by atoms with Crippen LogP contribution in [-0.4, -0.2) is 5.91 Å². The van der Waals surface area contributed by atoms with Crippen LogP contribution in [0.25, 0.3) is 0 Å². The van der Waals surface area contributed by atoms with Gasteiger partial charge in [0.25, 0.3) is 5.91 Å². The van der Waals surface area contributed by atoms with Gasteiger partial charge in [-0.1, -0.05) is 40.2 Å². The van der Waals surface area contributed by atoms with Crippen molar-refractivity contribution in [3.8, 4) is 0 Å². The molecule has 1 amide bonds. The summed E-state index contributed by atoms with van der Waals surface area (Å²) in [4.78, 5) is 12.1. The van der Waals surface area contributed by atoms with E-state index in [0.29, 0.717) is 11.3 Å². The first-order chi connectivity index (χ1) is 9.08. The Hall–Kier alpha value is -1.81. The highest BCUT2D eigenvalue weighted by Gasteiger charge is 2.13. The quantitative estimate of drug-likeness (QED) is 0.851. The predicted molar refractivity (Wildman–Crippen MR) is 80.9 cm³/mol. The van der Waals surface area contributed by atoms with E-state index < -0.39 is 0 Å². The fourth-order valence-electron chi connectivity index (χ4n) is 1.81. The zero-order valence-electron chi connectivity index (χ0n) is 10.6. The van der Waals surface area contributed by atoms with Crippen LogP contribution in [-0.2, 0) is 0 Å². The molecule has 0 bridgehead atoms. The van der Waals surface area contributed by atoms with Gasteiger partial charge in [0.05, 0.1) is 11.6 Å². The summed E-state index contributed by atoms with van der Waals surface area (Å²) < 4.78 is 1.02. The second-order valence-electron chi connectivity index (χ2n) is 4.33. The molecule has 2 aromatic rings. The molecule has 0 aliphatic carbocycles. The summed E-state index contributed by atoms with van der Waals surface area (Å²) in [7, 11) is 0. The van der Waals surface area contributed by atoms with Crippen LogP contribution in [0.15, 0.2) is 53.0 Å². The molecule has 2 aromatic carbocycles. The number of nitrogens with two attached hydrogens (primary N) is 1. The highest BCUT2D eigenvalue weighted by molar-refractivity contribution is 9.10. The van der Waals surface area contributed by atoms with Crippen molar-refractivity contribution in [1.29, 1.82) is 0 Å². The van der Waals surface area contributed by atoms with Crippen LogP contribution in [0.2, 0.25) is 0 Å². The van der Waals surface area contributed by atoms with Crippen LogP contribution in [0.1, 0.15) is 28.9 Å². The fraction of sp³-hybridized carbons (Fsp3) is 0.133. The number of hydrogen-bond donors (Lipinski definition) is 2. The second-order valence-corrected chi connectivity index (χ2v) is 5.25. The molecule has 0 heterocycles. The first-order valence-electron chi connectivity index (χ1n) is 5.99. The van der Waals surface area contributed by atoms with Gasteiger partial charge in [-0.15, -0.1) is 0 Å². The number of halogens is 1. The molecule has 0 aliphatic heterocycles. The maximum absolute atomic E-state index is 12.1. The lowest BCUT2D eigenvalue weighted by atomic mass is 10.1. The Kier molecular flexibility index (Phi) is 4.22. The Morgan fingerprint density at radius 2 is 1.79 bits per heavy atom. The third kappa shape index (κ3) is 3.35. The third-order valence-corrected chi connectivity index (χ3v) is 3.45. The molecule has 4 heteroatoms. The van der Waals surface area contributed by atoms with Crippen molar-refractivity contribution in [2.45, 2.75) is 13.0 Å². The normalized spacial score (nSPS) is 11.9. The van der Waals surface area contributed by atoms with E-state index >= 15 is 0 Å². The Labute approximate surface area is 121 Å². The molecule has 3 nitrogen and oxygen atoms in total. The maximum atomic E-state index is 12.1. The lowest BCUT2D eigenvalue weighted by Crippen LogP contribution is -2.27. The molecule has 0 saturated heterocycles. The second kappa shape index (κ2) is 5.89. The molecular weight excluding hydrogens is 304 g/mol. The first kappa shape index (κ1) is 13.6. The number of rotatable bonds is 3. The van der Waals surface area contributed by atoms with Crippen LogP contribution < -0.4 is 11.1 Å². The molecule has 3 N–H and O–H groups in total. The molecule has 0 aromatic heterocycles. The van der Waals surface area contributed by atoms with Crippen LogP contribution in [0.4, 0.5) is 5.69 Å². The SMILES string of the molecule is C[C@@H](NC(=O)c1ccccc1N)c1ccc(Br)cc1. The Morgan fingerprint density at radius 3 is 2.42 bits per heavy atom. The maximum Gasteiger partial charge on any atom is 0.253 e. The van der Waals surface area contributed by atoms with E-state index in [0.717, 1.165) is 10.0 Å². The van der Waals surface area contributed by atoms with Gasteiger partial charge in [0.1, 0.15) is 0 Å². The van der Waals surface area contributed by atoms with Crippen molar-refractivity contribution in [1.82, 2.24) is 5.32 Å². The average Bonchev–Trinajstić information content (AvgIpc) is 2.39. The number of hydrogen-bond acceptors (Lipinski definition) is 2. The van der Waals surface area contributed by atoms with E-state index in [-0.39, 0.29) is 11.9 Å². The van der Waals surface area contributed by atoms with E-state index in [2.05, 4.69) is 21.2 Å². The summed E-state index contributed by atoms with van der Waals surface area (Å²) in [5, 5.41) is 2.94. The molecule has 0 fully saturated rings. The van der Waals surface area contributed by atoms with Gasteiger partial charge >= 0.3 is 0 Å². The van der Waals surface area contributed by atoms with E-state index in [1.807, 2.05) is 37.3 Å². The molecule has 2 rings (SSSR count). The summed E-state index contributed by atoms with van der Waals surface area (Å²) in [5.74, 6) is -0.159. The minimum Gasteiger partial charge on any atom is -0.398 e. The van der Waals surface area contributed by atoms with E-state index in [9.17, 15) is 4.79 Å². The molecule has 1 atom stereocenters. The summed E-state index contributed by atoms with van der Waals surface area (Å²) in [5.41, 5.74) is 7.83. The van der Waals surface area contributed by atoms with Crippen molar-refractivity contribution < 1.29 is 4.79 Å². The number of benzene rings is 2. The van der Waals surface area contributed by atoms with Gasteiger partial charge in [-0.2, -0.15) is 0 Å². The predicted octanol–water partition coefficient (Wildman–Crippen LogP) is 3.52. The molecule has 19 heavy (non-hydrogen) atoms. The Morgan fingerprint density at radius 1 is 1.16 bits per heavy atom. The smallest absolute Gasteiger partial charge is 0.253 e. The van der Waals surface area contributed by atoms with Gasteiger partial charge in [-0.25, -0.2) is 0 Å². The van der Waals surface area contributed by atoms with Gasteiger partial charge < -0.3 is 11.1 Å². The number of anilines is 1. The minimum atomic E-state index is -0.159.